The maximum Gasteiger partial charge on any atom is 0.416 e. The molecule has 2 aromatic heterocycles. The number of ether oxygens (including phenoxy) is 1. The number of anilines is 3. The van der Waals surface area contributed by atoms with E-state index in [1.54, 1.807) is 18.3 Å². The Morgan fingerprint density at radius 1 is 1.08 bits per heavy atom. The largest absolute Gasteiger partial charge is 0.462 e. The zero-order chi connectivity index (χ0) is 27.4. The Morgan fingerprint density at radius 3 is 2.54 bits per heavy atom. The van der Waals surface area contributed by atoms with Crippen LogP contribution in [0.4, 0.5) is 30.5 Å². The molecular weight excluding hydrogens is 533 g/mol. The van der Waals surface area contributed by atoms with Gasteiger partial charge in [0.15, 0.2) is 0 Å². The number of rotatable bonds is 8. The highest BCUT2D eigenvalue weighted by molar-refractivity contribution is 6.32. The quantitative estimate of drug-likeness (QED) is 0.400. The minimum atomic E-state index is -4.41. The van der Waals surface area contributed by atoms with Crippen LogP contribution < -0.4 is 15.0 Å². The minimum Gasteiger partial charge on any atom is -0.462 e. The lowest BCUT2D eigenvalue weighted by atomic mass is 9.98. The van der Waals surface area contributed by atoms with Crippen molar-refractivity contribution < 1.29 is 23.0 Å². The number of alkyl halides is 3. The van der Waals surface area contributed by atoms with E-state index in [-0.39, 0.29) is 12.6 Å². The van der Waals surface area contributed by atoms with Gasteiger partial charge >= 0.3 is 12.2 Å². The highest BCUT2D eigenvalue weighted by Crippen LogP contribution is 2.34. The van der Waals surface area contributed by atoms with E-state index in [9.17, 15) is 18.3 Å². The van der Waals surface area contributed by atoms with E-state index in [4.69, 9.17) is 16.3 Å². The number of aliphatic hydroxyl groups is 1. The van der Waals surface area contributed by atoms with Gasteiger partial charge in [0, 0.05) is 37.1 Å². The zero-order valence-electron chi connectivity index (χ0n) is 21.3. The maximum atomic E-state index is 13.0. The lowest BCUT2D eigenvalue weighted by Crippen LogP contribution is -2.37. The predicted molar refractivity (Wildman–Crippen MR) is 143 cm³/mol. The molecule has 12 heteroatoms. The summed E-state index contributed by atoms with van der Waals surface area (Å²) in [4.78, 5) is 18.0. The molecule has 0 spiro atoms. The Balaban J connectivity index is 1.35. The second kappa shape index (κ2) is 11.9. The number of piperidine rings is 1. The smallest absolute Gasteiger partial charge is 0.416 e. The summed E-state index contributed by atoms with van der Waals surface area (Å²) < 4.78 is 45.1. The highest BCUT2D eigenvalue weighted by atomic mass is 35.5. The molecule has 4 heterocycles. The Morgan fingerprint density at radius 2 is 1.85 bits per heavy atom. The fraction of sp³-hybridized carbons (Fsp3) is 0.444. The molecule has 0 bridgehead atoms. The van der Waals surface area contributed by atoms with E-state index in [1.165, 1.54) is 12.1 Å². The van der Waals surface area contributed by atoms with Gasteiger partial charge in [0.25, 0.3) is 0 Å². The van der Waals surface area contributed by atoms with Gasteiger partial charge in [0.1, 0.15) is 18.2 Å². The Bertz CT molecular complexity index is 1270. The van der Waals surface area contributed by atoms with Gasteiger partial charge in [-0.1, -0.05) is 11.6 Å². The first-order valence-electron chi connectivity index (χ1n) is 13.0. The average Bonchev–Trinajstić information content (AvgIpc) is 2.93. The fourth-order valence-corrected chi connectivity index (χ4v) is 5.15. The van der Waals surface area contributed by atoms with Gasteiger partial charge in [0.2, 0.25) is 0 Å². The second-order valence-electron chi connectivity index (χ2n) is 9.78. The van der Waals surface area contributed by atoms with Gasteiger partial charge in [0.05, 0.1) is 22.8 Å². The van der Waals surface area contributed by atoms with Gasteiger partial charge in [-0.2, -0.15) is 23.1 Å². The molecule has 0 saturated carbocycles. The molecule has 0 unspecified atom stereocenters. The third kappa shape index (κ3) is 6.71. The Kier molecular flexibility index (Phi) is 8.39. The van der Waals surface area contributed by atoms with Crippen molar-refractivity contribution in [2.45, 2.75) is 32.0 Å². The van der Waals surface area contributed by atoms with Crippen LogP contribution in [0, 0.1) is 5.92 Å². The van der Waals surface area contributed by atoms with Crippen molar-refractivity contribution in [1.82, 2.24) is 19.9 Å². The molecule has 1 fully saturated rings. The summed E-state index contributed by atoms with van der Waals surface area (Å²) in [5, 5.41) is 13.1. The molecule has 1 saturated heterocycles. The van der Waals surface area contributed by atoms with Crippen LogP contribution in [-0.2, 0) is 19.1 Å². The minimum absolute atomic E-state index is 0.197. The molecule has 1 aromatic carbocycles. The number of hydrogen-bond acceptors (Lipinski definition) is 8. The molecule has 0 atom stereocenters. The van der Waals surface area contributed by atoms with Crippen molar-refractivity contribution in [2.75, 3.05) is 49.6 Å². The summed E-state index contributed by atoms with van der Waals surface area (Å²) in [6.07, 6.45) is -0.216. The SMILES string of the molecule is OCC1CCN(CCOc2nc3c(c(Nc4ccc(C(F)(F)F)cc4)n2)CCN(c2ncccc2Cl)C3)CC1. The molecule has 0 radical (unpaired) electrons. The summed E-state index contributed by atoms with van der Waals surface area (Å²) in [5.41, 5.74) is 1.38. The molecule has 0 aliphatic carbocycles. The molecular formula is C27H30ClF3N6O2. The van der Waals surface area contributed by atoms with Crippen molar-refractivity contribution in [3.8, 4) is 6.01 Å². The number of hydrogen-bond donors (Lipinski definition) is 2. The first-order valence-corrected chi connectivity index (χ1v) is 13.3. The van der Waals surface area contributed by atoms with E-state index in [0.717, 1.165) is 49.3 Å². The number of nitrogens with zero attached hydrogens (tertiary/aromatic N) is 5. The van der Waals surface area contributed by atoms with E-state index < -0.39 is 11.7 Å². The van der Waals surface area contributed by atoms with Gasteiger partial charge < -0.3 is 20.1 Å². The van der Waals surface area contributed by atoms with Crippen molar-refractivity contribution in [1.29, 1.82) is 0 Å². The first-order chi connectivity index (χ1) is 18.8. The van der Waals surface area contributed by atoms with E-state index >= 15 is 0 Å². The van der Waals surface area contributed by atoms with Gasteiger partial charge in [-0.25, -0.2) is 4.98 Å². The third-order valence-electron chi connectivity index (χ3n) is 7.16. The predicted octanol–water partition coefficient (Wildman–Crippen LogP) is 4.93. The zero-order valence-corrected chi connectivity index (χ0v) is 22.0. The van der Waals surface area contributed by atoms with Crippen LogP contribution in [0.2, 0.25) is 5.02 Å². The number of halogens is 4. The number of nitrogens with one attached hydrogen (secondary N) is 1. The van der Waals surface area contributed by atoms with Crippen LogP contribution in [0.15, 0.2) is 42.6 Å². The molecule has 2 N–H and O–H groups in total. The number of fused-ring (bicyclic) bond motifs is 1. The number of aromatic nitrogens is 3. The van der Waals surface area contributed by atoms with Crippen molar-refractivity contribution >= 4 is 28.9 Å². The molecule has 39 heavy (non-hydrogen) atoms. The highest BCUT2D eigenvalue weighted by Gasteiger charge is 2.30. The van der Waals surface area contributed by atoms with Crippen LogP contribution in [0.5, 0.6) is 6.01 Å². The van der Waals surface area contributed by atoms with Gasteiger partial charge in [-0.15, -0.1) is 0 Å². The molecule has 2 aliphatic heterocycles. The lowest BCUT2D eigenvalue weighted by Gasteiger charge is -2.31. The topological polar surface area (TPSA) is 86.6 Å². The molecule has 3 aromatic rings. The first kappa shape index (κ1) is 27.4. The van der Waals surface area contributed by atoms with E-state index in [1.807, 2.05) is 4.90 Å². The van der Waals surface area contributed by atoms with Crippen LogP contribution in [-0.4, -0.2) is 64.4 Å². The third-order valence-corrected chi connectivity index (χ3v) is 7.46. The molecule has 8 nitrogen and oxygen atoms in total. The number of aliphatic hydroxyl groups excluding tert-OH is 1. The van der Waals surface area contributed by atoms with Crippen LogP contribution >= 0.6 is 11.6 Å². The van der Waals surface area contributed by atoms with Crippen molar-refractivity contribution in [3.05, 3.63) is 64.4 Å². The van der Waals surface area contributed by atoms with Gasteiger partial charge in [-0.3, -0.25) is 4.90 Å². The van der Waals surface area contributed by atoms with Crippen molar-refractivity contribution in [3.63, 3.8) is 0 Å². The average molecular weight is 563 g/mol. The summed E-state index contributed by atoms with van der Waals surface area (Å²) in [6.45, 7) is 4.18. The fourth-order valence-electron chi connectivity index (χ4n) is 4.90. The van der Waals surface area contributed by atoms with Crippen LogP contribution in [0.1, 0.15) is 29.7 Å². The van der Waals surface area contributed by atoms with E-state index in [0.29, 0.717) is 60.9 Å². The number of likely N-dealkylation sites (tertiary alicyclic amines) is 1. The standard InChI is InChI=1S/C27H30ClF3N6O2/c28-22-2-1-10-32-25(22)37-13-9-21-23(16-37)34-26(39-15-14-36-11-7-18(17-38)8-12-36)35-24(21)33-20-5-3-19(4-6-20)27(29,30)31/h1-6,10,18,38H,7-9,11-17H2,(H,33,34,35). The summed E-state index contributed by atoms with van der Waals surface area (Å²) in [7, 11) is 0. The number of benzene rings is 1. The van der Waals surface area contributed by atoms with Crippen molar-refractivity contribution in [2.24, 2.45) is 5.92 Å². The molecule has 2 aliphatic rings. The summed E-state index contributed by atoms with van der Waals surface area (Å²) >= 11 is 6.39. The Labute approximate surface area is 229 Å². The number of pyridine rings is 1. The van der Waals surface area contributed by atoms with Crippen LogP contribution in [0.25, 0.3) is 0 Å². The summed E-state index contributed by atoms with van der Waals surface area (Å²) in [5.74, 6) is 1.53. The maximum absolute atomic E-state index is 13.0. The monoisotopic (exact) mass is 562 g/mol. The van der Waals surface area contributed by atoms with Gasteiger partial charge in [-0.05, 0) is 74.7 Å². The Hall–Kier alpha value is -3.15. The molecule has 208 valence electrons. The second-order valence-corrected chi connectivity index (χ2v) is 10.2. The lowest BCUT2D eigenvalue weighted by molar-refractivity contribution is -0.137. The molecule has 5 rings (SSSR count). The van der Waals surface area contributed by atoms with E-state index in [2.05, 4.69) is 25.2 Å². The normalized spacial score (nSPS) is 16.7. The molecule has 0 amide bonds. The summed E-state index contributed by atoms with van der Waals surface area (Å²) in [6, 6.07) is 8.61. The van der Waals surface area contributed by atoms with Crippen LogP contribution in [0.3, 0.4) is 0 Å².